The number of carbonyl (C=O) groups excluding carboxylic acids is 1. The van der Waals surface area contributed by atoms with Gasteiger partial charge < -0.3 is 15.2 Å². The number of aromatic nitrogens is 3. The van der Waals surface area contributed by atoms with Gasteiger partial charge in [0, 0.05) is 15.6 Å². The molecular weight excluding hydrogens is 661 g/mol. The van der Waals surface area contributed by atoms with Gasteiger partial charge in [0.05, 0.1) is 46.9 Å². The summed E-state index contributed by atoms with van der Waals surface area (Å²) in [5.74, 6) is -0.318. The van der Waals surface area contributed by atoms with Crippen LogP contribution in [0.5, 0.6) is 11.5 Å². The number of nitrogens with zero attached hydrogens (tertiary/aromatic N) is 5. The number of anilines is 1. The standard InChI is InChI=1S/C25H20BrCl2N7O5S/c1-40-21-5-3-2-4-18(21)29-12-22-31-33-25(34(22)19-7-6-16(27)10-17(19)28)41-13-23(36)32-30-11-14-8-15(26)9-20(24(14)37)35(38)39/h2-11,29,37H,12-13H2,1H3,(H,32,36)/p-1/b30-11-. The molecule has 4 aromatic rings. The number of rotatable bonds is 11. The third-order valence-electron chi connectivity index (χ3n) is 5.38. The van der Waals surface area contributed by atoms with Gasteiger partial charge in [0.15, 0.2) is 11.0 Å². The smallest absolute Gasteiger partial charge is 0.263 e. The number of nitro groups is 1. The number of carbonyl (C=O) groups is 1. The Morgan fingerprint density at radius 1 is 1.22 bits per heavy atom. The average Bonchev–Trinajstić information content (AvgIpc) is 3.34. The average molecular weight is 680 g/mol. The maximum absolute atomic E-state index is 12.5. The molecule has 0 unspecified atom stereocenters. The fourth-order valence-corrected chi connectivity index (χ4v) is 5.26. The minimum atomic E-state index is -0.826. The largest absolute Gasteiger partial charge is 0.867 e. The third kappa shape index (κ3) is 7.47. The Kier molecular flexibility index (Phi) is 10.0. The molecular formula is C25H19BrCl2N7O5S-. The summed E-state index contributed by atoms with van der Waals surface area (Å²) in [5, 5.41) is 40.0. The number of benzene rings is 3. The van der Waals surface area contributed by atoms with Crippen molar-refractivity contribution < 1.29 is 19.6 Å². The van der Waals surface area contributed by atoms with E-state index < -0.39 is 22.3 Å². The number of nitrogens with one attached hydrogen (secondary N) is 2. The van der Waals surface area contributed by atoms with Gasteiger partial charge in [-0.25, -0.2) is 5.43 Å². The van der Waals surface area contributed by atoms with Crippen molar-refractivity contribution in [3.8, 4) is 17.2 Å². The first kappa shape index (κ1) is 30.1. The molecule has 16 heteroatoms. The first-order valence-corrected chi connectivity index (χ1v) is 14.1. The molecule has 4 rings (SSSR count). The quantitative estimate of drug-likeness (QED) is 0.0942. The van der Waals surface area contributed by atoms with Crippen LogP contribution in [0.3, 0.4) is 0 Å². The maximum Gasteiger partial charge on any atom is 0.263 e. The first-order chi connectivity index (χ1) is 19.7. The van der Waals surface area contributed by atoms with Crippen LogP contribution < -0.4 is 20.6 Å². The normalized spacial score (nSPS) is 11.0. The van der Waals surface area contributed by atoms with Crippen molar-refractivity contribution in [1.29, 1.82) is 0 Å². The molecule has 0 fully saturated rings. The lowest BCUT2D eigenvalue weighted by molar-refractivity contribution is -0.398. The Morgan fingerprint density at radius 2 is 2.00 bits per heavy atom. The van der Waals surface area contributed by atoms with E-state index in [0.717, 1.165) is 29.7 Å². The van der Waals surface area contributed by atoms with E-state index in [9.17, 15) is 20.0 Å². The van der Waals surface area contributed by atoms with Crippen LogP contribution in [0.15, 0.2) is 69.3 Å². The number of methoxy groups -OCH3 is 1. The lowest BCUT2D eigenvalue weighted by atomic mass is 10.2. The number of para-hydroxylation sites is 2. The minimum absolute atomic E-state index is 0.0664. The van der Waals surface area contributed by atoms with E-state index >= 15 is 0 Å². The van der Waals surface area contributed by atoms with Crippen molar-refractivity contribution >= 4 is 74.4 Å². The number of hydrazone groups is 1. The van der Waals surface area contributed by atoms with Gasteiger partial charge in [0.1, 0.15) is 5.75 Å². The van der Waals surface area contributed by atoms with Gasteiger partial charge in [-0.15, -0.1) is 10.2 Å². The highest BCUT2D eigenvalue weighted by atomic mass is 79.9. The van der Waals surface area contributed by atoms with E-state index in [1.54, 1.807) is 29.9 Å². The van der Waals surface area contributed by atoms with Crippen LogP contribution >= 0.6 is 50.9 Å². The van der Waals surface area contributed by atoms with E-state index in [4.69, 9.17) is 27.9 Å². The molecule has 1 heterocycles. The second-order valence-corrected chi connectivity index (χ2v) is 10.8. The summed E-state index contributed by atoms with van der Waals surface area (Å²) in [6.07, 6.45) is 1.04. The second-order valence-electron chi connectivity index (χ2n) is 8.07. The number of hydrogen-bond donors (Lipinski definition) is 2. The molecule has 212 valence electrons. The van der Waals surface area contributed by atoms with Crippen LogP contribution in [0.25, 0.3) is 5.69 Å². The zero-order valence-corrected chi connectivity index (χ0v) is 24.9. The number of thioether (sulfide) groups is 1. The summed E-state index contributed by atoms with van der Waals surface area (Å²) in [6.45, 7) is 0.250. The summed E-state index contributed by atoms with van der Waals surface area (Å²) >= 11 is 16.8. The van der Waals surface area contributed by atoms with Crippen molar-refractivity contribution in [2.75, 3.05) is 18.2 Å². The predicted octanol–water partition coefficient (Wildman–Crippen LogP) is 5.18. The van der Waals surface area contributed by atoms with Crippen molar-refractivity contribution in [3.05, 3.63) is 90.6 Å². The number of nitro benzene ring substituents is 1. The molecule has 12 nitrogen and oxygen atoms in total. The van der Waals surface area contributed by atoms with Crippen LogP contribution in [0.4, 0.5) is 11.4 Å². The maximum atomic E-state index is 12.5. The summed E-state index contributed by atoms with van der Waals surface area (Å²) in [7, 11) is 1.57. The lowest BCUT2D eigenvalue weighted by Crippen LogP contribution is -2.20. The van der Waals surface area contributed by atoms with Gasteiger partial charge in [-0.3, -0.25) is 19.5 Å². The molecule has 0 atom stereocenters. The first-order valence-electron chi connectivity index (χ1n) is 11.5. The molecule has 0 aliphatic carbocycles. The summed E-state index contributed by atoms with van der Waals surface area (Å²) < 4.78 is 7.41. The molecule has 0 aliphatic heterocycles. The molecule has 1 amide bonds. The van der Waals surface area contributed by atoms with Gasteiger partial charge in [-0.1, -0.05) is 63.0 Å². The highest BCUT2D eigenvalue weighted by molar-refractivity contribution is 9.10. The molecule has 0 saturated carbocycles. The van der Waals surface area contributed by atoms with Gasteiger partial charge in [0.2, 0.25) is 0 Å². The van der Waals surface area contributed by atoms with Gasteiger partial charge in [-0.05, 0) is 47.7 Å². The highest BCUT2D eigenvalue weighted by Crippen LogP contribution is 2.31. The van der Waals surface area contributed by atoms with E-state index in [0.29, 0.717) is 36.9 Å². The number of amides is 1. The summed E-state index contributed by atoms with van der Waals surface area (Å²) in [5.41, 5.74) is 2.92. The second kappa shape index (κ2) is 13.7. The summed E-state index contributed by atoms with van der Waals surface area (Å²) in [4.78, 5) is 22.8. The molecule has 0 aliphatic rings. The minimum Gasteiger partial charge on any atom is -0.867 e. The van der Waals surface area contributed by atoms with Crippen LogP contribution in [0.2, 0.25) is 10.0 Å². The molecule has 0 radical (unpaired) electrons. The topological polar surface area (TPSA) is 160 Å². The Labute approximate surface area is 256 Å². The molecule has 0 bridgehead atoms. The SMILES string of the molecule is COc1ccccc1NCc1nnc(SCC(=O)N/N=C\c2cc(Br)cc([N+](=O)[O-])c2[O-])n1-c1ccc(Cl)cc1Cl. The van der Waals surface area contributed by atoms with E-state index in [1.165, 1.54) is 6.07 Å². The van der Waals surface area contributed by atoms with Crippen LogP contribution in [0.1, 0.15) is 11.4 Å². The molecule has 0 saturated heterocycles. The van der Waals surface area contributed by atoms with Crippen molar-refractivity contribution in [3.63, 3.8) is 0 Å². The number of ether oxygens (including phenoxy) is 1. The zero-order chi connectivity index (χ0) is 29.5. The number of hydrogen-bond acceptors (Lipinski definition) is 10. The fourth-order valence-electron chi connectivity index (χ4n) is 3.55. The predicted molar refractivity (Wildman–Crippen MR) is 158 cm³/mol. The Bertz CT molecular complexity index is 1640. The Hall–Kier alpha value is -3.85. The lowest BCUT2D eigenvalue weighted by Gasteiger charge is -2.14. The Morgan fingerprint density at radius 3 is 2.73 bits per heavy atom. The molecule has 41 heavy (non-hydrogen) atoms. The summed E-state index contributed by atoms with van der Waals surface area (Å²) in [6, 6.07) is 14.8. The van der Waals surface area contributed by atoms with Gasteiger partial charge >= 0.3 is 0 Å². The van der Waals surface area contributed by atoms with Gasteiger partial charge in [0.25, 0.3) is 11.6 Å². The van der Waals surface area contributed by atoms with Crippen LogP contribution in [-0.4, -0.2) is 44.7 Å². The third-order valence-corrected chi connectivity index (χ3v) is 7.30. The van der Waals surface area contributed by atoms with Crippen molar-refractivity contribution in [1.82, 2.24) is 20.2 Å². The molecule has 0 spiro atoms. The van der Waals surface area contributed by atoms with E-state index in [-0.39, 0.29) is 17.9 Å². The molecule has 1 aromatic heterocycles. The molecule has 2 N–H and O–H groups in total. The fraction of sp³-hybridized carbons (Fsp3) is 0.120. The van der Waals surface area contributed by atoms with Crippen molar-refractivity contribution in [2.24, 2.45) is 5.10 Å². The van der Waals surface area contributed by atoms with Crippen molar-refractivity contribution in [2.45, 2.75) is 11.7 Å². The highest BCUT2D eigenvalue weighted by Gasteiger charge is 2.19. The number of halogens is 3. The zero-order valence-electron chi connectivity index (χ0n) is 21.0. The van der Waals surface area contributed by atoms with Gasteiger partial charge in [-0.2, -0.15) is 5.10 Å². The Balaban J connectivity index is 1.50. The van der Waals surface area contributed by atoms with Crippen LogP contribution in [0, 0.1) is 10.1 Å². The van der Waals surface area contributed by atoms with E-state index in [2.05, 4.69) is 42.0 Å². The van der Waals surface area contributed by atoms with Crippen LogP contribution in [-0.2, 0) is 11.3 Å². The monoisotopic (exact) mass is 678 g/mol. The molecule has 3 aromatic carbocycles. The van der Waals surface area contributed by atoms with E-state index in [1.807, 2.05) is 24.3 Å².